The number of nitrogens with zero attached hydrogens (tertiary/aromatic N) is 1. The van der Waals surface area contributed by atoms with Crippen molar-refractivity contribution in [2.24, 2.45) is 5.73 Å². The molecule has 2 N–H and O–H groups in total. The van der Waals surface area contributed by atoms with E-state index >= 15 is 0 Å². The molecule has 0 amide bonds. The van der Waals surface area contributed by atoms with Gasteiger partial charge in [-0.05, 0) is 37.1 Å². The van der Waals surface area contributed by atoms with Gasteiger partial charge in [-0.1, -0.05) is 42.0 Å². The highest BCUT2D eigenvalue weighted by molar-refractivity contribution is 7.80. The van der Waals surface area contributed by atoms with Crippen LogP contribution < -0.4 is 10.6 Å². The van der Waals surface area contributed by atoms with Crippen molar-refractivity contribution >= 4 is 28.6 Å². The van der Waals surface area contributed by atoms with Crippen molar-refractivity contribution in [2.75, 3.05) is 11.4 Å². The maximum Gasteiger partial charge on any atom is 0.106 e. The highest BCUT2D eigenvalue weighted by Crippen LogP contribution is 2.36. The summed E-state index contributed by atoms with van der Waals surface area (Å²) < 4.78 is 0. The molecule has 0 spiro atoms. The van der Waals surface area contributed by atoms with Gasteiger partial charge < -0.3 is 10.6 Å². The molecular formula is C16H16N2S. The molecule has 2 aromatic carbocycles. The number of nitrogens with two attached hydrogens (primary N) is 1. The van der Waals surface area contributed by atoms with Gasteiger partial charge >= 0.3 is 0 Å². The molecule has 1 aliphatic heterocycles. The first-order chi connectivity index (χ1) is 9.16. The summed E-state index contributed by atoms with van der Waals surface area (Å²) in [5.41, 5.74) is 11.8. The number of rotatable bonds is 2. The highest BCUT2D eigenvalue weighted by atomic mass is 32.1. The van der Waals surface area contributed by atoms with E-state index in [-0.39, 0.29) is 0 Å². The molecule has 1 aliphatic rings. The average molecular weight is 268 g/mol. The van der Waals surface area contributed by atoms with Gasteiger partial charge in [-0.15, -0.1) is 0 Å². The van der Waals surface area contributed by atoms with Crippen molar-refractivity contribution in [1.29, 1.82) is 0 Å². The van der Waals surface area contributed by atoms with Gasteiger partial charge in [-0.2, -0.15) is 0 Å². The standard InChI is InChI=1S/C16H16N2S/c1-11-6-7-15(13(10-11)16(17)19)18-9-8-12-4-2-3-5-14(12)18/h2-7,10H,8-9H2,1H3,(H2,17,19). The predicted octanol–water partition coefficient (Wildman–Crippen LogP) is 3.32. The maximum atomic E-state index is 5.88. The molecule has 3 rings (SSSR count). The number of aryl methyl sites for hydroxylation is 1. The first-order valence-corrected chi connectivity index (χ1v) is 6.83. The Bertz CT molecular complexity index is 649. The van der Waals surface area contributed by atoms with Gasteiger partial charge in [-0.25, -0.2) is 0 Å². The van der Waals surface area contributed by atoms with Crippen LogP contribution in [0.15, 0.2) is 42.5 Å². The van der Waals surface area contributed by atoms with Crippen LogP contribution in [0.2, 0.25) is 0 Å². The molecule has 0 unspecified atom stereocenters. The third kappa shape index (κ3) is 2.10. The van der Waals surface area contributed by atoms with Crippen LogP contribution in [-0.4, -0.2) is 11.5 Å². The van der Waals surface area contributed by atoms with Crippen LogP contribution in [0.4, 0.5) is 11.4 Å². The molecule has 2 nitrogen and oxygen atoms in total. The third-order valence-corrected chi connectivity index (χ3v) is 3.82. The Morgan fingerprint density at radius 3 is 2.74 bits per heavy atom. The minimum Gasteiger partial charge on any atom is -0.389 e. The van der Waals surface area contributed by atoms with Crippen molar-refractivity contribution < 1.29 is 0 Å². The molecule has 2 aromatic rings. The normalized spacial score (nSPS) is 13.4. The molecule has 1 heterocycles. The van der Waals surface area contributed by atoms with Crippen molar-refractivity contribution in [3.63, 3.8) is 0 Å². The van der Waals surface area contributed by atoms with Gasteiger partial charge in [0.25, 0.3) is 0 Å². The van der Waals surface area contributed by atoms with Gasteiger partial charge in [0.1, 0.15) is 4.99 Å². The van der Waals surface area contributed by atoms with Gasteiger partial charge in [0.15, 0.2) is 0 Å². The summed E-state index contributed by atoms with van der Waals surface area (Å²) in [4.78, 5) is 2.77. The highest BCUT2D eigenvalue weighted by Gasteiger charge is 2.22. The summed E-state index contributed by atoms with van der Waals surface area (Å²) in [7, 11) is 0. The van der Waals surface area contributed by atoms with Crippen LogP contribution in [0.25, 0.3) is 0 Å². The molecule has 3 heteroatoms. The number of anilines is 2. The minimum atomic E-state index is 0.461. The lowest BCUT2D eigenvalue weighted by Crippen LogP contribution is -2.19. The van der Waals surface area contributed by atoms with E-state index in [0.29, 0.717) is 4.99 Å². The lowest BCUT2D eigenvalue weighted by Gasteiger charge is -2.23. The van der Waals surface area contributed by atoms with E-state index in [1.165, 1.54) is 16.8 Å². The van der Waals surface area contributed by atoms with Crippen LogP contribution in [0, 0.1) is 6.92 Å². The molecule has 0 radical (unpaired) electrons. The lowest BCUT2D eigenvalue weighted by atomic mass is 10.1. The largest absolute Gasteiger partial charge is 0.389 e. The molecule has 0 atom stereocenters. The second-order valence-corrected chi connectivity index (χ2v) is 5.36. The summed E-state index contributed by atoms with van der Waals surface area (Å²) >= 11 is 5.19. The Balaban J connectivity index is 2.12. The second-order valence-electron chi connectivity index (χ2n) is 4.92. The lowest BCUT2D eigenvalue weighted by molar-refractivity contribution is 0.996. The van der Waals surface area contributed by atoms with Gasteiger partial charge in [-0.3, -0.25) is 0 Å². The fraction of sp³-hybridized carbons (Fsp3) is 0.188. The Morgan fingerprint density at radius 2 is 1.95 bits per heavy atom. The summed E-state index contributed by atoms with van der Waals surface area (Å²) in [6.07, 6.45) is 1.07. The maximum absolute atomic E-state index is 5.88. The molecule has 0 saturated heterocycles. The minimum absolute atomic E-state index is 0.461. The Morgan fingerprint density at radius 1 is 1.16 bits per heavy atom. The summed E-state index contributed by atoms with van der Waals surface area (Å²) in [5.74, 6) is 0. The van der Waals surface area contributed by atoms with Crippen LogP contribution in [0.3, 0.4) is 0 Å². The first kappa shape index (κ1) is 12.2. The van der Waals surface area contributed by atoms with Crippen molar-refractivity contribution in [3.05, 3.63) is 59.2 Å². The van der Waals surface area contributed by atoms with Crippen LogP contribution in [0.5, 0.6) is 0 Å². The summed E-state index contributed by atoms with van der Waals surface area (Å²) in [6.45, 7) is 3.04. The molecule has 0 bridgehead atoms. The van der Waals surface area contributed by atoms with Crippen LogP contribution in [0.1, 0.15) is 16.7 Å². The fourth-order valence-corrected chi connectivity index (χ4v) is 2.83. The zero-order valence-corrected chi connectivity index (χ0v) is 11.7. The topological polar surface area (TPSA) is 29.3 Å². The Hall–Kier alpha value is -1.87. The molecule has 0 aliphatic carbocycles. The van der Waals surface area contributed by atoms with E-state index in [2.05, 4.69) is 54.3 Å². The van der Waals surface area contributed by atoms with Crippen molar-refractivity contribution in [1.82, 2.24) is 0 Å². The van der Waals surface area contributed by atoms with E-state index in [9.17, 15) is 0 Å². The SMILES string of the molecule is Cc1ccc(N2CCc3ccccc32)c(C(N)=S)c1. The van der Waals surface area contributed by atoms with E-state index in [0.717, 1.165) is 24.2 Å². The summed E-state index contributed by atoms with van der Waals surface area (Å²) in [5, 5.41) is 0. The van der Waals surface area contributed by atoms with Gasteiger partial charge in [0.05, 0.1) is 5.69 Å². The first-order valence-electron chi connectivity index (χ1n) is 6.43. The van der Waals surface area contributed by atoms with E-state index < -0.39 is 0 Å². The number of thiocarbonyl (C=S) groups is 1. The summed E-state index contributed by atoms with van der Waals surface area (Å²) in [6, 6.07) is 14.8. The Kier molecular flexibility index (Phi) is 2.99. The number of hydrogen-bond acceptors (Lipinski definition) is 2. The van der Waals surface area contributed by atoms with Crippen LogP contribution >= 0.6 is 12.2 Å². The number of fused-ring (bicyclic) bond motifs is 1. The van der Waals surface area contributed by atoms with Gasteiger partial charge in [0.2, 0.25) is 0 Å². The number of benzene rings is 2. The predicted molar refractivity (Wildman–Crippen MR) is 84.2 cm³/mol. The third-order valence-electron chi connectivity index (χ3n) is 3.60. The molecule has 0 fully saturated rings. The number of hydrogen-bond donors (Lipinski definition) is 1. The average Bonchev–Trinajstić information content (AvgIpc) is 2.82. The quantitative estimate of drug-likeness (QED) is 0.847. The zero-order chi connectivity index (χ0) is 13.4. The Labute approximate surface area is 118 Å². The fourth-order valence-electron chi connectivity index (χ4n) is 2.67. The van der Waals surface area contributed by atoms with E-state index in [1.807, 2.05) is 0 Å². The van der Waals surface area contributed by atoms with Crippen molar-refractivity contribution in [3.8, 4) is 0 Å². The monoisotopic (exact) mass is 268 g/mol. The second kappa shape index (κ2) is 4.67. The van der Waals surface area contributed by atoms with Crippen molar-refractivity contribution in [2.45, 2.75) is 13.3 Å². The van der Waals surface area contributed by atoms with E-state index in [4.69, 9.17) is 18.0 Å². The molecule has 0 aromatic heterocycles. The molecule has 0 saturated carbocycles. The zero-order valence-electron chi connectivity index (χ0n) is 10.9. The molecule has 19 heavy (non-hydrogen) atoms. The van der Waals surface area contributed by atoms with Gasteiger partial charge in [0, 0.05) is 17.8 Å². The molecular weight excluding hydrogens is 252 g/mol. The smallest absolute Gasteiger partial charge is 0.106 e. The molecule has 96 valence electrons. The van der Waals surface area contributed by atoms with Crippen LogP contribution in [-0.2, 0) is 6.42 Å². The number of para-hydroxylation sites is 1. The van der Waals surface area contributed by atoms with E-state index in [1.54, 1.807) is 0 Å².